The molecule has 0 aliphatic heterocycles. The summed E-state index contributed by atoms with van der Waals surface area (Å²) in [7, 11) is 0. The van der Waals surface area contributed by atoms with Crippen LogP contribution < -0.4 is 5.73 Å². The van der Waals surface area contributed by atoms with Crippen molar-refractivity contribution in [2.75, 3.05) is 5.73 Å². The average molecular weight is 281 g/mol. The minimum absolute atomic E-state index is 0.235. The fourth-order valence-corrected chi connectivity index (χ4v) is 3.21. The number of rotatable bonds is 2. The monoisotopic (exact) mass is 281 g/mol. The van der Waals surface area contributed by atoms with Crippen molar-refractivity contribution < 1.29 is 4.39 Å². The van der Waals surface area contributed by atoms with Gasteiger partial charge >= 0.3 is 0 Å². The summed E-state index contributed by atoms with van der Waals surface area (Å²) in [5.41, 5.74) is 11.0. The molecule has 2 aromatic carbocycles. The van der Waals surface area contributed by atoms with Crippen LogP contribution in [-0.2, 0) is 13.0 Å². The number of nitrogens with two attached hydrogens (primary N) is 1. The van der Waals surface area contributed by atoms with E-state index in [1.165, 1.54) is 17.2 Å². The fourth-order valence-electron chi connectivity index (χ4n) is 3.21. The van der Waals surface area contributed by atoms with Crippen LogP contribution >= 0.6 is 0 Å². The molecular formula is C17H16FN3. The fraction of sp³-hybridized carbons (Fsp3) is 0.235. The van der Waals surface area contributed by atoms with Crippen molar-refractivity contribution in [3.8, 4) is 0 Å². The lowest BCUT2D eigenvalue weighted by molar-refractivity contribution is 0.520. The Kier molecular flexibility index (Phi) is 2.55. The predicted octanol–water partition coefficient (Wildman–Crippen LogP) is 3.41. The second-order valence-electron chi connectivity index (χ2n) is 5.77. The molecule has 1 unspecified atom stereocenters. The third-order valence-electron chi connectivity index (χ3n) is 4.42. The zero-order valence-corrected chi connectivity index (χ0v) is 11.8. The van der Waals surface area contributed by atoms with Crippen LogP contribution in [-0.4, -0.2) is 9.55 Å². The smallest absolute Gasteiger partial charge is 0.201 e. The maximum atomic E-state index is 13.6. The molecule has 1 aromatic heterocycles. The Bertz CT molecular complexity index is 851. The van der Waals surface area contributed by atoms with Gasteiger partial charge in [0.2, 0.25) is 5.95 Å². The first kappa shape index (κ1) is 12.4. The first-order valence-electron chi connectivity index (χ1n) is 7.13. The number of nitrogen functional groups attached to an aromatic ring is 1. The first-order valence-corrected chi connectivity index (χ1v) is 7.13. The highest BCUT2D eigenvalue weighted by molar-refractivity contribution is 5.79. The van der Waals surface area contributed by atoms with Gasteiger partial charge in [0, 0.05) is 18.5 Å². The van der Waals surface area contributed by atoms with Crippen molar-refractivity contribution in [1.29, 1.82) is 0 Å². The van der Waals surface area contributed by atoms with Crippen LogP contribution in [0.5, 0.6) is 0 Å². The minimum atomic E-state index is -0.235. The quantitative estimate of drug-likeness (QED) is 0.782. The molecule has 1 atom stereocenters. The van der Waals surface area contributed by atoms with Gasteiger partial charge in [0.15, 0.2) is 0 Å². The zero-order chi connectivity index (χ0) is 14.6. The maximum Gasteiger partial charge on any atom is 0.201 e. The summed E-state index contributed by atoms with van der Waals surface area (Å²) in [4.78, 5) is 4.28. The standard InChI is InChI=1S/C17H16FN3/c1-10-6-16-15(8-14(10)18)20-17(19)21(16)9-12-7-11-4-2-3-5-13(11)12/h2-6,8,12H,7,9H2,1H3,(H2,19,20). The third-order valence-corrected chi connectivity index (χ3v) is 4.42. The molecule has 0 amide bonds. The highest BCUT2D eigenvalue weighted by Crippen LogP contribution is 2.37. The Morgan fingerprint density at radius 3 is 2.95 bits per heavy atom. The van der Waals surface area contributed by atoms with E-state index < -0.39 is 0 Å². The zero-order valence-electron chi connectivity index (χ0n) is 11.8. The number of hydrogen-bond acceptors (Lipinski definition) is 2. The van der Waals surface area contributed by atoms with Crippen LogP contribution in [0.3, 0.4) is 0 Å². The summed E-state index contributed by atoms with van der Waals surface area (Å²) in [6.07, 6.45) is 1.06. The molecule has 0 radical (unpaired) electrons. The van der Waals surface area contributed by atoms with Crippen molar-refractivity contribution in [3.05, 3.63) is 58.9 Å². The summed E-state index contributed by atoms with van der Waals surface area (Å²) in [5, 5.41) is 0. The van der Waals surface area contributed by atoms with E-state index in [2.05, 4.69) is 29.2 Å². The lowest BCUT2D eigenvalue weighted by atomic mass is 9.77. The van der Waals surface area contributed by atoms with Gasteiger partial charge < -0.3 is 10.3 Å². The summed E-state index contributed by atoms with van der Waals surface area (Å²) >= 11 is 0. The molecule has 2 N–H and O–H groups in total. The number of hydrogen-bond donors (Lipinski definition) is 1. The molecule has 1 aliphatic rings. The summed E-state index contributed by atoms with van der Waals surface area (Å²) < 4.78 is 15.6. The SMILES string of the molecule is Cc1cc2c(cc1F)nc(N)n2CC1Cc2ccccc21. The number of anilines is 1. The number of halogens is 1. The Labute approximate surface area is 122 Å². The molecule has 0 spiro atoms. The van der Waals surface area contributed by atoms with Gasteiger partial charge in [-0.1, -0.05) is 24.3 Å². The molecule has 0 saturated heterocycles. The molecule has 4 rings (SSSR count). The van der Waals surface area contributed by atoms with Gasteiger partial charge in [-0.3, -0.25) is 0 Å². The molecule has 4 heteroatoms. The van der Waals surface area contributed by atoms with Gasteiger partial charge in [0.25, 0.3) is 0 Å². The van der Waals surface area contributed by atoms with E-state index in [1.807, 2.05) is 10.6 Å². The van der Waals surface area contributed by atoms with Crippen LogP contribution in [0.2, 0.25) is 0 Å². The van der Waals surface area contributed by atoms with E-state index in [1.54, 1.807) is 6.92 Å². The summed E-state index contributed by atoms with van der Waals surface area (Å²) in [6, 6.07) is 11.8. The number of aryl methyl sites for hydroxylation is 1. The van der Waals surface area contributed by atoms with Gasteiger partial charge in [-0.15, -0.1) is 0 Å². The van der Waals surface area contributed by atoms with Crippen molar-refractivity contribution >= 4 is 17.0 Å². The Morgan fingerprint density at radius 2 is 2.14 bits per heavy atom. The van der Waals surface area contributed by atoms with E-state index >= 15 is 0 Å². The van der Waals surface area contributed by atoms with Crippen LogP contribution in [0.4, 0.5) is 10.3 Å². The highest BCUT2D eigenvalue weighted by atomic mass is 19.1. The lowest BCUT2D eigenvalue weighted by Crippen LogP contribution is -2.22. The van der Waals surface area contributed by atoms with Crippen molar-refractivity contribution in [3.63, 3.8) is 0 Å². The molecule has 0 bridgehead atoms. The van der Waals surface area contributed by atoms with Crippen molar-refractivity contribution in [2.24, 2.45) is 0 Å². The largest absolute Gasteiger partial charge is 0.369 e. The second kappa shape index (κ2) is 4.32. The van der Waals surface area contributed by atoms with Crippen LogP contribution in [0, 0.1) is 12.7 Å². The average Bonchev–Trinajstić information content (AvgIpc) is 2.72. The first-order chi connectivity index (χ1) is 10.1. The van der Waals surface area contributed by atoms with E-state index in [4.69, 9.17) is 5.73 Å². The Hall–Kier alpha value is -2.36. The number of imidazole rings is 1. The molecule has 106 valence electrons. The maximum absolute atomic E-state index is 13.6. The Morgan fingerprint density at radius 1 is 1.33 bits per heavy atom. The second-order valence-corrected chi connectivity index (χ2v) is 5.77. The Balaban J connectivity index is 1.75. The molecule has 21 heavy (non-hydrogen) atoms. The number of aromatic nitrogens is 2. The van der Waals surface area contributed by atoms with Crippen molar-refractivity contribution in [2.45, 2.75) is 25.8 Å². The van der Waals surface area contributed by atoms with E-state index in [0.29, 0.717) is 22.9 Å². The van der Waals surface area contributed by atoms with Gasteiger partial charge in [0.1, 0.15) is 5.82 Å². The molecule has 1 aliphatic carbocycles. The number of fused-ring (bicyclic) bond motifs is 2. The summed E-state index contributed by atoms with van der Waals surface area (Å²) in [6.45, 7) is 2.56. The predicted molar refractivity (Wildman–Crippen MR) is 81.7 cm³/mol. The van der Waals surface area contributed by atoms with E-state index in [-0.39, 0.29) is 5.82 Å². The normalized spacial score (nSPS) is 16.8. The number of nitrogens with zero attached hydrogens (tertiary/aromatic N) is 2. The third kappa shape index (κ3) is 1.82. The molecular weight excluding hydrogens is 265 g/mol. The van der Waals surface area contributed by atoms with Gasteiger partial charge in [-0.05, 0) is 36.1 Å². The minimum Gasteiger partial charge on any atom is -0.369 e. The topological polar surface area (TPSA) is 43.8 Å². The highest BCUT2D eigenvalue weighted by Gasteiger charge is 2.27. The molecule has 1 heterocycles. The van der Waals surface area contributed by atoms with Gasteiger partial charge in [0.05, 0.1) is 11.0 Å². The van der Waals surface area contributed by atoms with Crippen LogP contribution in [0.15, 0.2) is 36.4 Å². The molecule has 3 aromatic rings. The van der Waals surface area contributed by atoms with E-state index in [0.717, 1.165) is 18.5 Å². The molecule has 3 nitrogen and oxygen atoms in total. The van der Waals surface area contributed by atoms with Crippen LogP contribution in [0.25, 0.3) is 11.0 Å². The van der Waals surface area contributed by atoms with E-state index in [9.17, 15) is 4.39 Å². The molecule has 0 fully saturated rings. The number of benzene rings is 2. The lowest BCUT2D eigenvalue weighted by Gasteiger charge is -2.30. The van der Waals surface area contributed by atoms with Gasteiger partial charge in [-0.25, -0.2) is 9.37 Å². The van der Waals surface area contributed by atoms with Gasteiger partial charge in [-0.2, -0.15) is 0 Å². The van der Waals surface area contributed by atoms with Crippen LogP contribution in [0.1, 0.15) is 22.6 Å². The molecule has 0 saturated carbocycles. The van der Waals surface area contributed by atoms with Crippen molar-refractivity contribution in [1.82, 2.24) is 9.55 Å². The summed E-state index contributed by atoms with van der Waals surface area (Å²) in [5.74, 6) is 0.687.